The van der Waals surface area contributed by atoms with Crippen molar-refractivity contribution in [1.82, 2.24) is 5.32 Å². The van der Waals surface area contributed by atoms with Crippen molar-refractivity contribution in [3.05, 3.63) is 35.4 Å². The Kier molecular flexibility index (Phi) is 7.70. The van der Waals surface area contributed by atoms with Crippen LogP contribution < -0.4 is 5.32 Å². The van der Waals surface area contributed by atoms with Crippen LogP contribution in [0.2, 0.25) is 0 Å². The van der Waals surface area contributed by atoms with Crippen LogP contribution in [0.25, 0.3) is 0 Å². The molecule has 0 amide bonds. The quantitative estimate of drug-likeness (QED) is 0.674. The van der Waals surface area contributed by atoms with Crippen LogP contribution in [-0.2, 0) is 11.2 Å². The van der Waals surface area contributed by atoms with Gasteiger partial charge in [0, 0.05) is 13.2 Å². The van der Waals surface area contributed by atoms with Gasteiger partial charge in [-0.3, -0.25) is 0 Å². The lowest BCUT2D eigenvalue weighted by Gasteiger charge is -2.17. The highest BCUT2D eigenvalue weighted by Crippen LogP contribution is 2.20. The maximum Gasteiger partial charge on any atom is 0.0502 e. The normalized spacial score (nSPS) is 12.6. The largest absolute Gasteiger partial charge is 0.384 e. The van der Waals surface area contributed by atoms with Crippen molar-refractivity contribution in [2.75, 3.05) is 20.8 Å². The maximum absolute atomic E-state index is 5.10. The molecule has 2 heteroatoms. The number of hydrogen-bond acceptors (Lipinski definition) is 2. The van der Waals surface area contributed by atoms with Crippen molar-refractivity contribution in [3.8, 4) is 0 Å². The van der Waals surface area contributed by atoms with Crippen LogP contribution in [0.4, 0.5) is 0 Å². The van der Waals surface area contributed by atoms with Crippen molar-refractivity contribution in [1.29, 1.82) is 0 Å². The second-order valence-electron chi connectivity index (χ2n) is 4.82. The molecule has 0 aliphatic carbocycles. The van der Waals surface area contributed by atoms with Gasteiger partial charge in [0.05, 0.1) is 6.61 Å². The third kappa shape index (κ3) is 5.19. The Bertz CT molecular complexity index is 307. The van der Waals surface area contributed by atoms with Crippen molar-refractivity contribution < 1.29 is 4.74 Å². The number of unbranched alkanes of at least 4 members (excludes halogenated alkanes) is 2. The van der Waals surface area contributed by atoms with Crippen LogP contribution >= 0.6 is 0 Å². The van der Waals surface area contributed by atoms with E-state index in [0.29, 0.717) is 6.04 Å². The lowest BCUT2D eigenvalue weighted by atomic mass is 9.99. The molecule has 2 nitrogen and oxygen atoms in total. The van der Waals surface area contributed by atoms with Gasteiger partial charge in [-0.15, -0.1) is 0 Å². The number of rotatable bonds is 9. The lowest BCUT2D eigenvalue weighted by Crippen LogP contribution is -2.16. The first kappa shape index (κ1) is 15.2. The van der Waals surface area contributed by atoms with Gasteiger partial charge in [0.2, 0.25) is 0 Å². The number of nitrogens with one attached hydrogen (secondary N) is 1. The zero-order chi connectivity index (χ0) is 13.2. The Labute approximate surface area is 112 Å². The molecule has 0 heterocycles. The van der Waals surface area contributed by atoms with E-state index in [4.69, 9.17) is 4.74 Å². The summed E-state index contributed by atoms with van der Waals surface area (Å²) < 4.78 is 5.10. The molecule has 0 fully saturated rings. The minimum Gasteiger partial charge on any atom is -0.384 e. The maximum atomic E-state index is 5.10. The van der Waals surface area contributed by atoms with Crippen molar-refractivity contribution in [3.63, 3.8) is 0 Å². The minimum atomic E-state index is 0.494. The number of hydrogen-bond donors (Lipinski definition) is 1. The summed E-state index contributed by atoms with van der Waals surface area (Å²) in [5, 5.41) is 3.42. The first-order valence-corrected chi connectivity index (χ1v) is 7.06. The third-order valence-corrected chi connectivity index (χ3v) is 3.42. The Morgan fingerprint density at radius 3 is 2.44 bits per heavy atom. The summed E-state index contributed by atoms with van der Waals surface area (Å²) in [6, 6.07) is 9.43. The average molecular weight is 249 g/mol. The number of methoxy groups -OCH3 is 1. The topological polar surface area (TPSA) is 21.3 Å². The predicted octanol–water partition coefficient (Wildman–Crippen LogP) is 3.72. The van der Waals surface area contributed by atoms with Gasteiger partial charge in [0.15, 0.2) is 0 Å². The van der Waals surface area contributed by atoms with E-state index >= 15 is 0 Å². The predicted molar refractivity (Wildman–Crippen MR) is 78.0 cm³/mol. The zero-order valence-electron chi connectivity index (χ0n) is 12.0. The summed E-state index contributed by atoms with van der Waals surface area (Å²) in [5.74, 6) is 0. The molecule has 1 aromatic rings. The molecule has 0 radical (unpaired) electrons. The Morgan fingerprint density at radius 2 is 1.89 bits per heavy atom. The molecule has 0 bridgehead atoms. The van der Waals surface area contributed by atoms with Crippen LogP contribution in [0.3, 0.4) is 0 Å². The summed E-state index contributed by atoms with van der Waals surface area (Å²) in [4.78, 5) is 0. The molecule has 0 aromatic heterocycles. The van der Waals surface area contributed by atoms with E-state index in [-0.39, 0.29) is 0 Å². The molecule has 1 N–H and O–H groups in total. The second kappa shape index (κ2) is 9.12. The van der Waals surface area contributed by atoms with E-state index < -0.39 is 0 Å². The van der Waals surface area contributed by atoms with E-state index in [0.717, 1.165) is 13.0 Å². The van der Waals surface area contributed by atoms with Crippen molar-refractivity contribution >= 4 is 0 Å². The molecule has 1 unspecified atom stereocenters. The molecule has 0 saturated heterocycles. The number of benzene rings is 1. The third-order valence-electron chi connectivity index (χ3n) is 3.42. The highest BCUT2D eigenvalue weighted by molar-refractivity contribution is 5.25. The molecule has 0 saturated carbocycles. The van der Waals surface area contributed by atoms with Gasteiger partial charge in [-0.25, -0.2) is 0 Å². The SMILES string of the molecule is CCCCCC(NC)c1ccc(CCOC)cc1. The molecule has 0 aliphatic heterocycles. The fourth-order valence-electron chi connectivity index (χ4n) is 2.21. The van der Waals surface area contributed by atoms with E-state index in [2.05, 4.69) is 43.6 Å². The van der Waals surface area contributed by atoms with Gasteiger partial charge >= 0.3 is 0 Å². The molecule has 1 atom stereocenters. The van der Waals surface area contributed by atoms with Crippen LogP contribution in [0.5, 0.6) is 0 Å². The van der Waals surface area contributed by atoms with Gasteiger partial charge in [-0.2, -0.15) is 0 Å². The molecule has 0 aliphatic rings. The zero-order valence-corrected chi connectivity index (χ0v) is 12.0. The Morgan fingerprint density at radius 1 is 1.17 bits per heavy atom. The molecule has 102 valence electrons. The van der Waals surface area contributed by atoms with Gasteiger partial charge < -0.3 is 10.1 Å². The van der Waals surface area contributed by atoms with Crippen molar-refractivity contribution in [2.45, 2.75) is 45.1 Å². The summed E-state index contributed by atoms with van der Waals surface area (Å²) in [6.45, 7) is 3.05. The second-order valence-corrected chi connectivity index (χ2v) is 4.82. The summed E-state index contributed by atoms with van der Waals surface area (Å²) in [6.07, 6.45) is 6.13. The Hall–Kier alpha value is -0.860. The van der Waals surface area contributed by atoms with Crippen LogP contribution in [0.15, 0.2) is 24.3 Å². The van der Waals surface area contributed by atoms with E-state index in [1.165, 1.54) is 36.8 Å². The van der Waals surface area contributed by atoms with E-state index in [9.17, 15) is 0 Å². The smallest absolute Gasteiger partial charge is 0.0502 e. The first-order valence-electron chi connectivity index (χ1n) is 7.06. The lowest BCUT2D eigenvalue weighted by molar-refractivity contribution is 0.202. The van der Waals surface area contributed by atoms with Gasteiger partial charge in [-0.1, -0.05) is 50.5 Å². The average Bonchev–Trinajstić information content (AvgIpc) is 2.42. The van der Waals surface area contributed by atoms with Gasteiger partial charge in [-0.05, 0) is 31.0 Å². The first-order chi connectivity index (χ1) is 8.81. The van der Waals surface area contributed by atoms with Crippen molar-refractivity contribution in [2.24, 2.45) is 0 Å². The summed E-state index contributed by atoms with van der Waals surface area (Å²) in [7, 11) is 3.80. The monoisotopic (exact) mass is 249 g/mol. The molecule has 1 aromatic carbocycles. The molecule has 0 spiro atoms. The minimum absolute atomic E-state index is 0.494. The van der Waals surface area contributed by atoms with Crippen LogP contribution in [0.1, 0.15) is 49.8 Å². The van der Waals surface area contributed by atoms with E-state index in [1.807, 2.05) is 0 Å². The molecular weight excluding hydrogens is 222 g/mol. The van der Waals surface area contributed by atoms with Gasteiger partial charge in [0.1, 0.15) is 0 Å². The highest BCUT2D eigenvalue weighted by atomic mass is 16.5. The summed E-state index contributed by atoms with van der Waals surface area (Å²) in [5.41, 5.74) is 2.75. The molecule has 18 heavy (non-hydrogen) atoms. The fraction of sp³-hybridized carbons (Fsp3) is 0.625. The summed E-state index contributed by atoms with van der Waals surface area (Å²) >= 11 is 0. The fourth-order valence-corrected chi connectivity index (χ4v) is 2.21. The number of ether oxygens (including phenoxy) is 1. The Balaban J connectivity index is 2.52. The standard InChI is InChI=1S/C16H27NO/c1-4-5-6-7-16(17-2)15-10-8-14(9-11-15)12-13-18-3/h8-11,16-17H,4-7,12-13H2,1-3H3. The van der Waals surface area contributed by atoms with Crippen LogP contribution in [0, 0.1) is 0 Å². The molecular formula is C16H27NO. The van der Waals surface area contributed by atoms with E-state index in [1.54, 1.807) is 7.11 Å². The van der Waals surface area contributed by atoms with Crippen LogP contribution in [-0.4, -0.2) is 20.8 Å². The molecule has 1 rings (SSSR count). The van der Waals surface area contributed by atoms with Gasteiger partial charge in [0.25, 0.3) is 0 Å². The highest BCUT2D eigenvalue weighted by Gasteiger charge is 2.08.